The molecule has 0 unspecified atom stereocenters. The number of nitrogens with two attached hydrogens (primary N) is 5. The monoisotopic (exact) mass is 1690 g/mol. The van der Waals surface area contributed by atoms with Crippen LogP contribution in [-0.2, 0) is 33.0 Å². The topological polar surface area (TPSA) is 362 Å². The van der Waals surface area contributed by atoms with Gasteiger partial charge in [-0.25, -0.2) is 39.9 Å². The molecule has 14 rings (SSSR count). The fourth-order valence-corrected chi connectivity index (χ4v) is 11.4. The van der Waals surface area contributed by atoms with Crippen molar-refractivity contribution < 1.29 is 33.3 Å². The van der Waals surface area contributed by atoms with Crippen molar-refractivity contribution in [3.8, 4) is 28.7 Å². The Kier molecular flexibility index (Phi) is 32.6. The minimum Gasteiger partial charge on any atom is -0.487 e. The lowest BCUT2D eigenvalue weighted by atomic mass is 10.2. The molecule has 0 saturated carbocycles. The van der Waals surface area contributed by atoms with Gasteiger partial charge in [0.2, 0.25) is 0 Å². The smallest absolute Gasteiger partial charge is 0.157 e. The molecule has 12 N–H and O–H groups in total. The maximum Gasteiger partial charge on any atom is 0.157 e. The number of aldehydes is 2. The van der Waals surface area contributed by atoms with Crippen molar-refractivity contribution in [1.82, 2.24) is 39.9 Å². The van der Waals surface area contributed by atoms with E-state index in [9.17, 15) is 9.59 Å². The predicted octanol–water partition coefficient (Wildman–Crippen LogP) is 20.6. The Hall–Kier alpha value is -13.2. The van der Waals surface area contributed by atoms with E-state index in [1.165, 1.54) is 31.5 Å². The van der Waals surface area contributed by atoms with Gasteiger partial charge in [0.1, 0.15) is 132 Å². The van der Waals surface area contributed by atoms with Crippen molar-refractivity contribution in [2.24, 2.45) is 9.98 Å². The summed E-state index contributed by atoms with van der Waals surface area (Å²) < 4.78 is 28.8. The van der Waals surface area contributed by atoms with E-state index in [4.69, 9.17) is 134 Å². The van der Waals surface area contributed by atoms with Gasteiger partial charge in [0.25, 0.3) is 0 Å². The molecule has 0 aliphatic rings. The first-order valence-electron chi connectivity index (χ1n) is 34.7. The lowest BCUT2D eigenvalue weighted by Gasteiger charge is -2.12. The van der Waals surface area contributed by atoms with Crippen LogP contribution >= 0.6 is 81.2 Å². The number of nitrogens with zero attached hydrogens (tertiary/aromatic N) is 10. The Morgan fingerprint density at radius 1 is 0.302 bits per heavy atom. The van der Waals surface area contributed by atoms with Gasteiger partial charge >= 0.3 is 0 Å². The number of ether oxygens (including phenoxy) is 5. The molecule has 0 saturated heterocycles. The van der Waals surface area contributed by atoms with Gasteiger partial charge < -0.3 is 63.0 Å². The summed E-state index contributed by atoms with van der Waals surface area (Å²) in [5.41, 5.74) is 38.3. The number of aromatic nitrogens is 8. The normalized spacial score (nSPS) is 10.5. The van der Waals surface area contributed by atoms with Crippen LogP contribution < -0.4 is 63.0 Å². The van der Waals surface area contributed by atoms with Crippen LogP contribution in [0.1, 0.15) is 59.7 Å². The van der Waals surface area contributed by atoms with E-state index in [0.717, 1.165) is 27.8 Å². The highest BCUT2D eigenvalue weighted by molar-refractivity contribution is 6.34. The van der Waals surface area contributed by atoms with E-state index < -0.39 is 0 Å². The van der Waals surface area contributed by atoms with Crippen LogP contribution in [0.15, 0.2) is 278 Å². The largest absolute Gasteiger partial charge is 0.487 e. The fourth-order valence-electron chi connectivity index (χ4n) is 9.89. The number of carbonyl (C=O) groups is 2. The quantitative estimate of drug-likeness (QED) is 0.0121. The second-order valence-electron chi connectivity index (χ2n) is 24.1. The predicted molar refractivity (Wildman–Crippen MR) is 463 cm³/mol. The molecule has 586 valence electrons. The third-order valence-electron chi connectivity index (χ3n) is 15.8. The molecule has 0 amide bonds. The zero-order chi connectivity index (χ0) is 82.0. The first kappa shape index (κ1) is 85.3. The van der Waals surface area contributed by atoms with E-state index in [0.29, 0.717) is 151 Å². The summed E-state index contributed by atoms with van der Waals surface area (Å²) in [6.07, 6.45) is 9.39. The molecule has 4 heterocycles. The highest BCUT2D eigenvalue weighted by Crippen LogP contribution is 2.36. The number of benzene rings is 10. The van der Waals surface area contributed by atoms with Crippen LogP contribution in [-0.4, -0.2) is 64.9 Å². The maximum absolute atomic E-state index is 11.1. The molecule has 116 heavy (non-hydrogen) atoms. The number of anilines is 9. The summed E-state index contributed by atoms with van der Waals surface area (Å²) in [5.74, 6) is 4.49. The van der Waals surface area contributed by atoms with Gasteiger partial charge in [0.15, 0.2) is 12.6 Å². The standard InChI is InChI=1S/C31H25Cl2N5O2.C18H14Cl2N4O.C18H15ClN4O2.C13H12ClNO.C5H4ClN3O/c32-26-15-23(11-13-28(26)39-18-21-7-3-1-4-8-21)35-17-25-30(34)36-20-37-31(25)38-24-12-14-29(27(33)16-24)40-19-22-9-5-2-6-10-22;19-15-8-13(22-9-14-17(20)23-11-24-18(14)21)6-7-16(15)25-10-12-4-2-1-3-5-12;19-15-8-13(23-18-14(9-24)17(20)21-11-22-18)6-7-16(15)25-10-12-4-2-1-3-5-12;14-12-8-11(15)6-7-13(12)16-9-10-4-2-1-3-5-10;6-4-3(1-10)5(7)9-2-8-4/h1-17,20H,18-19H2,(H3,34,36,37,38);1-9,11H,10H2,(H2,21,23,24);1-9,11H,10H2,(H3,20,21,22,23);1-8H,9,15H2;1-2H,(H2,7,8,9). The van der Waals surface area contributed by atoms with Gasteiger partial charge in [-0.15, -0.1) is 0 Å². The lowest BCUT2D eigenvalue weighted by molar-refractivity contribution is 0.111. The first-order chi connectivity index (χ1) is 56.4. The van der Waals surface area contributed by atoms with E-state index in [-0.39, 0.29) is 44.7 Å². The Morgan fingerprint density at radius 3 is 0.905 bits per heavy atom. The van der Waals surface area contributed by atoms with Crippen LogP contribution in [0.4, 0.5) is 63.3 Å². The van der Waals surface area contributed by atoms with Gasteiger partial charge in [-0.2, -0.15) is 0 Å². The molecule has 14 aromatic rings. The Labute approximate surface area is 702 Å². The van der Waals surface area contributed by atoms with E-state index >= 15 is 0 Å². The summed E-state index contributed by atoms with van der Waals surface area (Å²) in [5, 5.41) is 8.92. The average Bonchev–Trinajstić information content (AvgIpc) is 0.831. The van der Waals surface area contributed by atoms with Crippen LogP contribution in [0.2, 0.25) is 35.4 Å². The molecular formula is C85H70Cl7N17O7. The van der Waals surface area contributed by atoms with Crippen LogP contribution in [0.25, 0.3) is 0 Å². The van der Waals surface area contributed by atoms with Crippen molar-refractivity contribution >= 4 is 170 Å². The molecular weight excluding hydrogens is 1620 g/mol. The molecule has 31 heteroatoms. The third kappa shape index (κ3) is 26.5. The van der Waals surface area contributed by atoms with Crippen LogP contribution in [0.3, 0.4) is 0 Å². The summed E-state index contributed by atoms with van der Waals surface area (Å²) in [4.78, 5) is 61.3. The zero-order valence-corrected chi connectivity index (χ0v) is 66.4. The number of carbonyl (C=O) groups excluding carboxylic acids is 2. The molecule has 0 fully saturated rings. The molecule has 4 aromatic heterocycles. The summed E-state index contributed by atoms with van der Waals surface area (Å²) in [7, 11) is 0. The van der Waals surface area contributed by atoms with Gasteiger partial charge in [-0.05, 0) is 119 Å². The van der Waals surface area contributed by atoms with E-state index in [2.05, 4.69) is 60.5 Å². The van der Waals surface area contributed by atoms with Crippen molar-refractivity contribution in [3.63, 3.8) is 0 Å². The summed E-state index contributed by atoms with van der Waals surface area (Å²) in [6.45, 7) is 2.20. The average molecular weight is 1690 g/mol. The third-order valence-corrected chi connectivity index (χ3v) is 17.9. The molecule has 10 aromatic carbocycles. The number of halogens is 7. The van der Waals surface area contributed by atoms with Crippen molar-refractivity contribution in [2.45, 2.75) is 33.0 Å². The van der Waals surface area contributed by atoms with Crippen LogP contribution in [0, 0.1) is 0 Å². The van der Waals surface area contributed by atoms with Gasteiger partial charge in [-0.3, -0.25) is 19.6 Å². The molecule has 0 aliphatic carbocycles. The number of nitrogen functional groups attached to an aromatic ring is 5. The highest BCUT2D eigenvalue weighted by Gasteiger charge is 2.15. The molecule has 0 radical (unpaired) electrons. The first-order valence-corrected chi connectivity index (χ1v) is 37.3. The molecule has 0 spiro atoms. The number of aliphatic imine (C=N–C) groups is 2. The Balaban J connectivity index is 0.000000163. The van der Waals surface area contributed by atoms with E-state index in [1.807, 2.05) is 164 Å². The van der Waals surface area contributed by atoms with Crippen molar-refractivity contribution in [2.75, 3.05) is 39.3 Å². The van der Waals surface area contributed by atoms with Crippen molar-refractivity contribution in [3.05, 3.63) is 353 Å². The maximum atomic E-state index is 11.1. The second kappa shape index (κ2) is 44.3. The minimum absolute atomic E-state index is 0.0856. The molecule has 0 atom stereocenters. The van der Waals surface area contributed by atoms with Gasteiger partial charge in [-0.1, -0.05) is 233 Å². The molecule has 0 aliphatic heterocycles. The second-order valence-corrected chi connectivity index (χ2v) is 26.8. The minimum atomic E-state index is 0.0856. The SMILES string of the molecule is Nc1ccc(OCc2ccccc2)c(Cl)c1.Nc1ncnc(Cl)c1C=Nc1ccc(OCc2ccccc2)c(Cl)c1.Nc1ncnc(Cl)c1C=O.Nc1ncnc(Nc2ccc(OCc3ccccc3)c(Cl)c2)c1C=Nc1ccc(OCc2ccccc2)c(Cl)c1.Nc1ncnc(Nc2ccc(OCc3ccccc3)c(Cl)c2)c1C=O. The number of rotatable bonds is 25. The fraction of sp³-hybridized carbons (Fsp3) is 0.0588. The summed E-state index contributed by atoms with van der Waals surface area (Å²) >= 11 is 42.9. The highest BCUT2D eigenvalue weighted by atomic mass is 35.5. The summed E-state index contributed by atoms with van der Waals surface area (Å²) in [6, 6.07) is 75.8. The van der Waals surface area contributed by atoms with Crippen molar-refractivity contribution in [1.29, 1.82) is 0 Å². The Morgan fingerprint density at radius 2 is 0.586 bits per heavy atom. The van der Waals surface area contributed by atoms with Gasteiger partial charge in [0, 0.05) is 29.5 Å². The molecule has 0 bridgehead atoms. The number of hydrogen-bond donors (Lipinski definition) is 7. The number of hydrogen-bond acceptors (Lipinski definition) is 24. The Bertz CT molecular complexity index is 5590. The lowest BCUT2D eigenvalue weighted by Crippen LogP contribution is -2.05. The zero-order valence-electron chi connectivity index (χ0n) is 61.1. The number of nitrogens with one attached hydrogen (secondary N) is 2. The van der Waals surface area contributed by atoms with E-state index in [1.54, 1.807) is 85.1 Å². The molecule has 24 nitrogen and oxygen atoms in total. The van der Waals surface area contributed by atoms with Gasteiger partial charge in [0.05, 0.1) is 58.7 Å². The van der Waals surface area contributed by atoms with Crippen LogP contribution in [0.5, 0.6) is 28.7 Å².